The zero-order valence-corrected chi connectivity index (χ0v) is 15.3. The van der Waals surface area contributed by atoms with E-state index in [2.05, 4.69) is 29.7 Å². The summed E-state index contributed by atoms with van der Waals surface area (Å²) in [5.41, 5.74) is 2.79. The quantitative estimate of drug-likeness (QED) is 0.682. The van der Waals surface area contributed by atoms with Gasteiger partial charge in [0.15, 0.2) is 0 Å². The molecule has 1 amide bonds. The van der Waals surface area contributed by atoms with E-state index in [1.165, 1.54) is 5.56 Å². The van der Waals surface area contributed by atoms with E-state index in [1.807, 2.05) is 49.4 Å². The fourth-order valence-corrected chi connectivity index (χ4v) is 2.77. The van der Waals surface area contributed by atoms with Gasteiger partial charge in [-0.25, -0.2) is 0 Å². The summed E-state index contributed by atoms with van der Waals surface area (Å²) in [7, 11) is 1.66. The van der Waals surface area contributed by atoms with Crippen molar-refractivity contribution >= 4 is 5.91 Å². The summed E-state index contributed by atoms with van der Waals surface area (Å²) in [4.78, 5) is 12.4. The van der Waals surface area contributed by atoms with Crippen LogP contribution in [0.25, 0.3) is 0 Å². The topological polar surface area (TPSA) is 50.4 Å². The first kappa shape index (κ1) is 19.2. The van der Waals surface area contributed by atoms with Gasteiger partial charge in [0, 0.05) is 31.3 Å². The van der Waals surface area contributed by atoms with Gasteiger partial charge < -0.3 is 10.1 Å². The van der Waals surface area contributed by atoms with Crippen molar-refractivity contribution in [3.8, 4) is 0 Å². The predicted octanol–water partition coefficient (Wildman–Crippen LogP) is 3.86. The average molecular weight is 340 g/mol. The fraction of sp³-hybridized carbons (Fsp3) is 0.381. The van der Waals surface area contributed by atoms with Crippen molar-refractivity contribution in [2.75, 3.05) is 20.2 Å². The molecule has 2 N–H and O–H groups in total. The molecule has 0 aliphatic rings. The standard InChI is InChI=1S/C21H28N2O2/c1-4-14-22-20(24)18-12-8-9-13-19(18)21(25-3)23-15-16(2)17-10-6-5-7-11-17/h5-13,16,21,23H,4,14-15H2,1-3H3,(H,22,24). The van der Waals surface area contributed by atoms with Crippen LogP contribution in [-0.4, -0.2) is 26.1 Å². The molecule has 2 atom stereocenters. The second kappa shape index (κ2) is 9.97. The molecule has 0 aromatic heterocycles. The summed E-state index contributed by atoms with van der Waals surface area (Å²) in [6, 6.07) is 18.0. The van der Waals surface area contributed by atoms with Crippen LogP contribution in [0.1, 0.15) is 53.9 Å². The van der Waals surface area contributed by atoms with Gasteiger partial charge in [-0.15, -0.1) is 0 Å². The third-order valence-corrected chi connectivity index (χ3v) is 4.24. The molecule has 25 heavy (non-hydrogen) atoms. The minimum Gasteiger partial charge on any atom is -0.362 e. The summed E-state index contributed by atoms with van der Waals surface area (Å²) in [5, 5.41) is 6.37. The van der Waals surface area contributed by atoms with Crippen LogP contribution in [-0.2, 0) is 4.74 Å². The van der Waals surface area contributed by atoms with Crippen LogP contribution in [0.15, 0.2) is 54.6 Å². The molecule has 0 saturated heterocycles. The third-order valence-electron chi connectivity index (χ3n) is 4.24. The molecule has 0 fully saturated rings. The first-order valence-electron chi connectivity index (χ1n) is 8.85. The maximum absolute atomic E-state index is 12.4. The SMILES string of the molecule is CCCNC(=O)c1ccccc1C(NCC(C)c1ccccc1)OC. The van der Waals surface area contributed by atoms with Gasteiger partial charge >= 0.3 is 0 Å². The van der Waals surface area contributed by atoms with Crippen LogP contribution >= 0.6 is 0 Å². The molecule has 4 heteroatoms. The highest BCUT2D eigenvalue weighted by molar-refractivity contribution is 5.95. The Hall–Kier alpha value is -2.17. The number of nitrogens with one attached hydrogen (secondary N) is 2. The molecular formula is C21H28N2O2. The van der Waals surface area contributed by atoms with Crippen molar-refractivity contribution in [3.63, 3.8) is 0 Å². The highest BCUT2D eigenvalue weighted by Crippen LogP contribution is 2.21. The molecular weight excluding hydrogens is 312 g/mol. The van der Waals surface area contributed by atoms with E-state index in [-0.39, 0.29) is 12.1 Å². The second-order valence-corrected chi connectivity index (χ2v) is 6.18. The van der Waals surface area contributed by atoms with Gasteiger partial charge in [0.1, 0.15) is 6.23 Å². The molecule has 2 aromatic carbocycles. The Morgan fingerprint density at radius 2 is 1.76 bits per heavy atom. The summed E-state index contributed by atoms with van der Waals surface area (Å²) >= 11 is 0. The molecule has 0 heterocycles. The lowest BCUT2D eigenvalue weighted by Gasteiger charge is -2.22. The first-order valence-corrected chi connectivity index (χ1v) is 8.85. The number of rotatable bonds is 9. The molecule has 0 spiro atoms. The molecule has 0 bridgehead atoms. The smallest absolute Gasteiger partial charge is 0.251 e. The molecule has 2 rings (SSSR count). The van der Waals surface area contributed by atoms with Gasteiger partial charge in [-0.3, -0.25) is 10.1 Å². The van der Waals surface area contributed by atoms with Gasteiger partial charge in [0.2, 0.25) is 0 Å². The first-order chi connectivity index (χ1) is 12.2. The van der Waals surface area contributed by atoms with Crippen molar-refractivity contribution < 1.29 is 9.53 Å². The molecule has 0 aliphatic carbocycles. The monoisotopic (exact) mass is 340 g/mol. The van der Waals surface area contributed by atoms with Crippen LogP contribution in [0.2, 0.25) is 0 Å². The van der Waals surface area contributed by atoms with Crippen molar-refractivity contribution in [1.82, 2.24) is 10.6 Å². The summed E-state index contributed by atoms with van der Waals surface area (Å²) in [6.07, 6.45) is 0.587. The van der Waals surface area contributed by atoms with Crippen LogP contribution in [0.4, 0.5) is 0 Å². The number of benzene rings is 2. The Morgan fingerprint density at radius 3 is 2.44 bits per heavy atom. The Labute approximate surface area is 150 Å². The number of carbonyl (C=O) groups excluding carboxylic acids is 1. The number of amides is 1. The van der Waals surface area contributed by atoms with Gasteiger partial charge in [-0.05, 0) is 24.0 Å². The lowest BCUT2D eigenvalue weighted by Crippen LogP contribution is -2.31. The summed E-state index contributed by atoms with van der Waals surface area (Å²) in [5.74, 6) is 0.289. The minimum absolute atomic E-state index is 0.0580. The van der Waals surface area contributed by atoms with Crippen LogP contribution in [0, 0.1) is 0 Å². The van der Waals surface area contributed by atoms with E-state index in [0.717, 1.165) is 18.5 Å². The molecule has 0 aliphatic heterocycles. The van der Waals surface area contributed by atoms with Gasteiger partial charge in [0.25, 0.3) is 5.91 Å². The zero-order chi connectivity index (χ0) is 18.1. The van der Waals surface area contributed by atoms with Gasteiger partial charge in [-0.2, -0.15) is 0 Å². The van der Waals surface area contributed by atoms with Gasteiger partial charge in [-0.1, -0.05) is 62.4 Å². The normalized spacial score (nSPS) is 13.2. The lowest BCUT2D eigenvalue weighted by atomic mass is 10.0. The van der Waals surface area contributed by atoms with E-state index in [4.69, 9.17) is 4.74 Å². The number of ether oxygens (including phenoxy) is 1. The van der Waals surface area contributed by atoms with Crippen LogP contribution in [0.3, 0.4) is 0 Å². The Kier molecular flexibility index (Phi) is 7.64. The van der Waals surface area contributed by atoms with Crippen molar-refractivity contribution in [2.45, 2.75) is 32.4 Å². The van der Waals surface area contributed by atoms with Gasteiger partial charge in [0.05, 0.1) is 0 Å². The third kappa shape index (κ3) is 5.41. The summed E-state index contributed by atoms with van der Waals surface area (Å²) < 4.78 is 5.63. The number of carbonyl (C=O) groups is 1. The van der Waals surface area contributed by atoms with E-state index in [0.29, 0.717) is 18.0 Å². The molecule has 0 saturated carbocycles. The molecule has 0 radical (unpaired) electrons. The van der Waals surface area contributed by atoms with Crippen molar-refractivity contribution in [3.05, 3.63) is 71.3 Å². The maximum atomic E-state index is 12.4. The zero-order valence-electron chi connectivity index (χ0n) is 15.3. The average Bonchev–Trinajstić information content (AvgIpc) is 2.67. The Morgan fingerprint density at radius 1 is 1.08 bits per heavy atom. The number of methoxy groups -OCH3 is 1. The highest BCUT2D eigenvalue weighted by atomic mass is 16.5. The highest BCUT2D eigenvalue weighted by Gasteiger charge is 2.19. The largest absolute Gasteiger partial charge is 0.362 e. The van der Waals surface area contributed by atoms with E-state index < -0.39 is 0 Å². The minimum atomic E-state index is -0.324. The van der Waals surface area contributed by atoms with E-state index >= 15 is 0 Å². The Bertz CT molecular complexity index is 658. The maximum Gasteiger partial charge on any atom is 0.251 e. The van der Waals surface area contributed by atoms with Crippen LogP contribution < -0.4 is 10.6 Å². The van der Waals surface area contributed by atoms with Crippen molar-refractivity contribution in [2.24, 2.45) is 0 Å². The Balaban J connectivity index is 2.08. The predicted molar refractivity (Wildman–Crippen MR) is 102 cm³/mol. The number of hydrogen-bond donors (Lipinski definition) is 2. The van der Waals surface area contributed by atoms with E-state index in [1.54, 1.807) is 7.11 Å². The fourth-order valence-electron chi connectivity index (χ4n) is 2.77. The molecule has 4 nitrogen and oxygen atoms in total. The van der Waals surface area contributed by atoms with Crippen molar-refractivity contribution in [1.29, 1.82) is 0 Å². The second-order valence-electron chi connectivity index (χ2n) is 6.18. The molecule has 134 valence electrons. The number of hydrogen-bond acceptors (Lipinski definition) is 3. The van der Waals surface area contributed by atoms with E-state index in [9.17, 15) is 4.79 Å². The molecule has 2 unspecified atom stereocenters. The lowest BCUT2D eigenvalue weighted by molar-refractivity contribution is 0.0705. The summed E-state index contributed by atoms with van der Waals surface area (Å²) in [6.45, 7) is 5.64. The van der Waals surface area contributed by atoms with Crippen LogP contribution in [0.5, 0.6) is 0 Å². The molecule has 2 aromatic rings.